The first-order valence-electron chi connectivity index (χ1n) is 10.5. The zero-order valence-corrected chi connectivity index (χ0v) is 17.0. The Morgan fingerprint density at radius 3 is 2.87 bits per heavy atom. The maximum atomic E-state index is 12.8. The SMILES string of the molecule is CCn1nccc1C(=O)N1CCC2(CC1)CC2CNC(=O)c1cc2ccncc2o1. The number of fused-ring (bicyclic) bond motifs is 1. The van der Waals surface area contributed by atoms with E-state index in [0.29, 0.717) is 36.0 Å². The highest BCUT2D eigenvalue weighted by Gasteiger charge is 2.54. The van der Waals surface area contributed by atoms with Crippen LogP contribution in [0.25, 0.3) is 11.0 Å². The van der Waals surface area contributed by atoms with Crippen LogP contribution in [0, 0.1) is 11.3 Å². The molecule has 3 aromatic heterocycles. The summed E-state index contributed by atoms with van der Waals surface area (Å²) in [4.78, 5) is 31.2. The van der Waals surface area contributed by atoms with E-state index < -0.39 is 0 Å². The first-order chi connectivity index (χ1) is 14.6. The molecule has 1 aliphatic heterocycles. The Kier molecular flexibility index (Phi) is 4.56. The van der Waals surface area contributed by atoms with Crippen LogP contribution >= 0.6 is 0 Å². The molecule has 1 N–H and O–H groups in total. The molecule has 1 atom stereocenters. The molecular formula is C22H25N5O3. The van der Waals surface area contributed by atoms with E-state index >= 15 is 0 Å². The smallest absolute Gasteiger partial charge is 0.287 e. The third-order valence-electron chi connectivity index (χ3n) is 6.70. The maximum Gasteiger partial charge on any atom is 0.287 e. The van der Waals surface area contributed by atoms with Gasteiger partial charge in [-0.15, -0.1) is 0 Å². The van der Waals surface area contributed by atoms with Gasteiger partial charge in [0.25, 0.3) is 11.8 Å². The molecular weight excluding hydrogens is 382 g/mol. The topological polar surface area (TPSA) is 93.3 Å². The summed E-state index contributed by atoms with van der Waals surface area (Å²) in [7, 11) is 0. The third-order valence-corrected chi connectivity index (χ3v) is 6.70. The van der Waals surface area contributed by atoms with E-state index in [-0.39, 0.29) is 17.2 Å². The van der Waals surface area contributed by atoms with Gasteiger partial charge in [-0.2, -0.15) is 5.10 Å². The van der Waals surface area contributed by atoms with E-state index in [2.05, 4.69) is 15.4 Å². The lowest BCUT2D eigenvalue weighted by atomic mass is 9.90. The van der Waals surface area contributed by atoms with Crippen molar-refractivity contribution in [1.29, 1.82) is 0 Å². The van der Waals surface area contributed by atoms with Crippen LogP contribution in [-0.4, -0.2) is 51.1 Å². The number of hydrogen-bond acceptors (Lipinski definition) is 5. The number of nitrogens with zero attached hydrogens (tertiary/aromatic N) is 4. The molecule has 30 heavy (non-hydrogen) atoms. The Hall–Kier alpha value is -3.16. The number of carbonyl (C=O) groups excluding carboxylic acids is 2. The van der Waals surface area contributed by atoms with Crippen LogP contribution in [-0.2, 0) is 6.54 Å². The highest BCUT2D eigenvalue weighted by atomic mass is 16.3. The summed E-state index contributed by atoms with van der Waals surface area (Å²) in [6.07, 6.45) is 8.05. The monoisotopic (exact) mass is 407 g/mol. The molecule has 2 aliphatic rings. The number of carbonyl (C=O) groups is 2. The average molecular weight is 407 g/mol. The standard InChI is InChI=1S/C22H25N5O3/c1-2-27-17(4-8-25-27)21(29)26-9-5-22(6-10-26)12-16(22)13-24-20(28)18-11-15-3-7-23-14-19(15)30-18/h3-4,7-8,11,14,16H,2,5-6,9-10,12-13H2,1H3,(H,24,28). The Bertz CT molecular complexity index is 1060. The van der Waals surface area contributed by atoms with Gasteiger partial charge in [0, 0.05) is 44.0 Å². The second kappa shape index (κ2) is 7.27. The van der Waals surface area contributed by atoms with Crippen molar-refractivity contribution in [3.05, 3.63) is 48.2 Å². The minimum absolute atomic E-state index is 0.0640. The first kappa shape index (κ1) is 18.8. The van der Waals surface area contributed by atoms with Gasteiger partial charge >= 0.3 is 0 Å². The number of rotatable bonds is 5. The van der Waals surface area contributed by atoms with Gasteiger partial charge in [-0.05, 0) is 55.7 Å². The van der Waals surface area contributed by atoms with Gasteiger partial charge in [0.2, 0.25) is 0 Å². The number of amides is 2. The Balaban J connectivity index is 1.14. The van der Waals surface area contributed by atoms with Crippen LogP contribution in [0.5, 0.6) is 0 Å². The normalized spacial score (nSPS) is 19.9. The second-order valence-corrected chi connectivity index (χ2v) is 8.32. The molecule has 1 aliphatic carbocycles. The van der Waals surface area contributed by atoms with E-state index in [9.17, 15) is 9.59 Å². The molecule has 1 saturated carbocycles. The Labute approximate surface area is 174 Å². The molecule has 0 bridgehead atoms. The number of likely N-dealkylation sites (tertiary alicyclic amines) is 1. The summed E-state index contributed by atoms with van der Waals surface area (Å²) in [5.74, 6) is 0.661. The minimum atomic E-state index is -0.186. The largest absolute Gasteiger partial charge is 0.449 e. The van der Waals surface area contributed by atoms with E-state index in [4.69, 9.17) is 4.42 Å². The molecule has 3 aromatic rings. The summed E-state index contributed by atoms with van der Waals surface area (Å²) in [6.45, 7) is 4.84. The molecule has 2 amide bonds. The lowest BCUT2D eigenvalue weighted by molar-refractivity contribution is 0.0656. The lowest BCUT2D eigenvalue weighted by Gasteiger charge is -2.33. The van der Waals surface area contributed by atoms with Crippen molar-refractivity contribution in [3.63, 3.8) is 0 Å². The van der Waals surface area contributed by atoms with Crippen molar-refractivity contribution in [2.75, 3.05) is 19.6 Å². The second-order valence-electron chi connectivity index (χ2n) is 8.32. The van der Waals surface area contributed by atoms with E-state index in [1.807, 2.05) is 17.9 Å². The number of furan rings is 1. The number of piperidine rings is 1. The van der Waals surface area contributed by atoms with Crippen LogP contribution in [0.4, 0.5) is 0 Å². The summed E-state index contributed by atoms with van der Waals surface area (Å²) < 4.78 is 7.33. The van der Waals surface area contributed by atoms with E-state index in [1.54, 1.807) is 35.4 Å². The minimum Gasteiger partial charge on any atom is -0.449 e. The van der Waals surface area contributed by atoms with E-state index in [1.165, 1.54) is 0 Å². The molecule has 1 unspecified atom stereocenters. The van der Waals surface area contributed by atoms with Crippen molar-refractivity contribution in [1.82, 2.24) is 25.0 Å². The lowest BCUT2D eigenvalue weighted by Crippen LogP contribution is -2.41. The number of pyridine rings is 1. The van der Waals surface area contributed by atoms with Crippen molar-refractivity contribution in [3.8, 4) is 0 Å². The first-order valence-corrected chi connectivity index (χ1v) is 10.5. The van der Waals surface area contributed by atoms with Crippen LogP contribution in [0.1, 0.15) is 47.2 Å². The number of hydrogen-bond donors (Lipinski definition) is 1. The maximum absolute atomic E-state index is 12.8. The van der Waals surface area contributed by atoms with E-state index in [0.717, 1.165) is 37.7 Å². The zero-order chi connectivity index (χ0) is 20.7. The van der Waals surface area contributed by atoms with Crippen LogP contribution in [0.3, 0.4) is 0 Å². The van der Waals surface area contributed by atoms with Gasteiger partial charge in [-0.3, -0.25) is 19.3 Å². The Morgan fingerprint density at radius 1 is 1.27 bits per heavy atom. The third kappa shape index (κ3) is 3.26. The van der Waals surface area contributed by atoms with Gasteiger partial charge in [0.05, 0.1) is 6.20 Å². The molecule has 8 heteroatoms. The van der Waals surface area contributed by atoms with Crippen LogP contribution in [0.15, 0.2) is 41.2 Å². The van der Waals surface area contributed by atoms with Crippen LogP contribution < -0.4 is 5.32 Å². The highest BCUT2D eigenvalue weighted by molar-refractivity contribution is 5.96. The number of aromatic nitrogens is 3. The summed E-state index contributed by atoms with van der Waals surface area (Å²) in [5.41, 5.74) is 1.54. The highest BCUT2D eigenvalue weighted by Crippen LogP contribution is 2.59. The fourth-order valence-corrected chi connectivity index (χ4v) is 4.72. The molecule has 1 saturated heterocycles. The quantitative estimate of drug-likeness (QED) is 0.702. The summed E-state index contributed by atoms with van der Waals surface area (Å²) in [6, 6.07) is 5.37. The fraction of sp³-hybridized carbons (Fsp3) is 0.455. The van der Waals surface area contributed by atoms with Crippen molar-refractivity contribution in [2.24, 2.45) is 11.3 Å². The fourth-order valence-electron chi connectivity index (χ4n) is 4.72. The van der Waals surface area contributed by atoms with Gasteiger partial charge in [-0.1, -0.05) is 0 Å². The number of nitrogens with one attached hydrogen (secondary N) is 1. The molecule has 4 heterocycles. The average Bonchev–Trinajstić information content (AvgIpc) is 3.15. The molecule has 2 fully saturated rings. The van der Waals surface area contributed by atoms with Crippen molar-refractivity contribution < 1.29 is 14.0 Å². The van der Waals surface area contributed by atoms with Gasteiger partial charge in [0.15, 0.2) is 11.3 Å². The number of aryl methyl sites for hydroxylation is 1. The molecule has 5 rings (SSSR count). The molecule has 0 radical (unpaired) electrons. The molecule has 8 nitrogen and oxygen atoms in total. The van der Waals surface area contributed by atoms with Gasteiger partial charge in [-0.25, -0.2) is 0 Å². The molecule has 156 valence electrons. The predicted octanol–water partition coefficient (Wildman–Crippen LogP) is 2.72. The molecule has 1 spiro atoms. The molecule has 0 aromatic carbocycles. The summed E-state index contributed by atoms with van der Waals surface area (Å²) in [5, 5.41) is 8.10. The zero-order valence-electron chi connectivity index (χ0n) is 17.0. The van der Waals surface area contributed by atoms with Gasteiger partial charge < -0.3 is 14.6 Å². The Morgan fingerprint density at radius 2 is 2.10 bits per heavy atom. The van der Waals surface area contributed by atoms with Crippen molar-refractivity contribution >= 4 is 22.8 Å². The van der Waals surface area contributed by atoms with Crippen molar-refractivity contribution in [2.45, 2.75) is 32.7 Å². The van der Waals surface area contributed by atoms with Gasteiger partial charge in [0.1, 0.15) is 5.69 Å². The summed E-state index contributed by atoms with van der Waals surface area (Å²) >= 11 is 0. The van der Waals surface area contributed by atoms with Crippen LogP contribution in [0.2, 0.25) is 0 Å². The predicted molar refractivity (Wildman–Crippen MR) is 110 cm³/mol.